The summed E-state index contributed by atoms with van der Waals surface area (Å²) in [7, 11) is 0. The number of aromatic nitrogens is 1. The maximum absolute atomic E-state index is 12.4. The van der Waals surface area contributed by atoms with Crippen LogP contribution in [-0.4, -0.2) is 36.1 Å². The smallest absolute Gasteiger partial charge is 0.272 e. The van der Waals surface area contributed by atoms with E-state index in [2.05, 4.69) is 20.8 Å². The van der Waals surface area contributed by atoms with Crippen LogP contribution in [0.5, 0.6) is 0 Å². The highest BCUT2D eigenvalue weighted by Crippen LogP contribution is 2.34. The molecule has 2 aromatic rings. The molecule has 0 unspecified atom stereocenters. The topological polar surface area (TPSA) is 112 Å². The predicted molar refractivity (Wildman–Crippen MR) is 91.1 cm³/mol. The van der Waals surface area contributed by atoms with Gasteiger partial charge in [0.2, 0.25) is 5.91 Å². The van der Waals surface area contributed by atoms with Gasteiger partial charge in [-0.15, -0.1) is 0 Å². The van der Waals surface area contributed by atoms with Gasteiger partial charge in [0.05, 0.1) is 18.2 Å². The second-order valence-electron chi connectivity index (χ2n) is 6.38. The average molecular weight is 325 g/mol. The second kappa shape index (κ2) is 5.76. The third kappa shape index (κ3) is 2.46. The molecule has 7 heteroatoms. The van der Waals surface area contributed by atoms with Crippen LogP contribution in [0.25, 0.3) is 10.9 Å². The molecule has 1 saturated heterocycles. The zero-order valence-corrected chi connectivity index (χ0v) is 13.2. The summed E-state index contributed by atoms with van der Waals surface area (Å²) in [6.07, 6.45) is 3.91. The molecular formula is C17H19N5O2. The number of rotatable bonds is 3. The first kappa shape index (κ1) is 14.9. The molecule has 7 nitrogen and oxygen atoms in total. The molecule has 4 rings (SSSR count). The van der Waals surface area contributed by atoms with E-state index in [1.807, 2.05) is 6.07 Å². The van der Waals surface area contributed by atoms with Crippen molar-refractivity contribution < 1.29 is 9.59 Å². The Hall–Kier alpha value is -2.67. The third-order valence-electron chi connectivity index (χ3n) is 4.76. The molecule has 24 heavy (non-hydrogen) atoms. The number of carbonyl (C=O) groups is 2. The summed E-state index contributed by atoms with van der Waals surface area (Å²) in [6, 6.07) is 3.64. The molecule has 0 radical (unpaired) electrons. The molecule has 5 N–H and O–H groups in total. The number of nitrogens with two attached hydrogens (primary N) is 1. The van der Waals surface area contributed by atoms with Gasteiger partial charge in [0.15, 0.2) is 0 Å². The van der Waals surface area contributed by atoms with Crippen LogP contribution in [-0.2, 0) is 11.2 Å². The lowest BCUT2D eigenvalue weighted by Gasteiger charge is -2.22. The number of nitrogens with one attached hydrogen (secondary N) is 3. The number of nitrogens with zero attached hydrogens (tertiary/aromatic N) is 1. The van der Waals surface area contributed by atoms with E-state index in [0.29, 0.717) is 11.5 Å². The van der Waals surface area contributed by atoms with E-state index < -0.39 is 5.91 Å². The van der Waals surface area contributed by atoms with Gasteiger partial charge in [-0.1, -0.05) is 0 Å². The Bertz CT molecular complexity index is 861. The zero-order valence-electron chi connectivity index (χ0n) is 13.2. The summed E-state index contributed by atoms with van der Waals surface area (Å²) in [5, 5.41) is 8.29. The lowest BCUT2D eigenvalue weighted by Crippen LogP contribution is -2.27. The normalized spacial score (nSPS) is 17.8. The fraction of sp³-hybridized carbons (Fsp3) is 0.353. The van der Waals surface area contributed by atoms with Crippen LogP contribution in [0, 0.1) is 0 Å². The first-order valence-electron chi connectivity index (χ1n) is 8.14. The Kier molecular flexibility index (Phi) is 3.57. The number of primary amides is 1. The van der Waals surface area contributed by atoms with E-state index in [0.717, 1.165) is 53.7 Å². The molecule has 3 heterocycles. The minimum Gasteiger partial charge on any atom is -0.369 e. The van der Waals surface area contributed by atoms with E-state index in [9.17, 15) is 9.59 Å². The first-order chi connectivity index (χ1) is 11.6. The number of piperidine rings is 1. The number of hydrogen-bond donors (Lipinski definition) is 4. The van der Waals surface area contributed by atoms with Gasteiger partial charge >= 0.3 is 0 Å². The highest BCUT2D eigenvalue weighted by molar-refractivity contribution is 6.15. The Labute approximate surface area is 138 Å². The molecular weight excluding hydrogens is 306 g/mol. The van der Waals surface area contributed by atoms with E-state index in [-0.39, 0.29) is 12.3 Å². The molecule has 2 aliphatic rings. The summed E-state index contributed by atoms with van der Waals surface area (Å²) in [4.78, 5) is 27.1. The van der Waals surface area contributed by atoms with Crippen LogP contribution in [0.3, 0.4) is 0 Å². The van der Waals surface area contributed by atoms with Crippen LogP contribution in [0.15, 0.2) is 17.2 Å². The van der Waals surface area contributed by atoms with Gasteiger partial charge in [-0.25, -0.2) is 5.43 Å². The largest absolute Gasteiger partial charge is 0.369 e. The van der Waals surface area contributed by atoms with Crippen LogP contribution in [0.1, 0.15) is 45.9 Å². The van der Waals surface area contributed by atoms with Gasteiger partial charge in [0, 0.05) is 28.1 Å². The van der Waals surface area contributed by atoms with Crippen molar-refractivity contribution in [3.63, 3.8) is 0 Å². The number of amides is 2. The van der Waals surface area contributed by atoms with Crippen molar-refractivity contribution in [2.75, 3.05) is 13.1 Å². The van der Waals surface area contributed by atoms with E-state index in [1.54, 1.807) is 12.3 Å². The Morgan fingerprint density at radius 3 is 2.83 bits per heavy atom. The first-order valence-corrected chi connectivity index (χ1v) is 8.14. The van der Waals surface area contributed by atoms with Gasteiger partial charge in [0.25, 0.3) is 5.91 Å². The number of benzene rings is 1. The molecule has 0 spiro atoms. The zero-order chi connectivity index (χ0) is 16.7. The molecule has 1 aromatic heterocycles. The summed E-state index contributed by atoms with van der Waals surface area (Å²) in [5.74, 6) is -0.282. The SMILES string of the molecule is NC(=O)Cc1cc2c3c(c(C4CCNCC4)[nH]c3c1)C=NNC2=O. The lowest BCUT2D eigenvalue weighted by atomic mass is 9.91. The Balaban J connectivity index is 1.92. The summed E-state index contributed by atoms with van der Waals surface area (Å²) in [6.45, 7) is 1.96. The van der Waals surface area contributed by atoms with Crippen LogP contribution >= 0.6 is 0 Å². The van der Waals surface area contributed by atoms with Crippen molar-refractivity contribution in [3.8, 4) is 0 Å². The van der Waals surface area contributed by atoms with Crippen molar-refractivity contribution in [2.24, 2.45) is 10.8 Å². The van der Waals surface area contributed by atoms with Crippen LogP contribution < -0.4 is 16.5 Å². The van der Waals surface area contributed by atoms with Crippen molar-refractivity contribution >= 4 is 28.9 Å². The number of hydrazone groups is 1. The fourth-order valence-corrected chi connectivity index (χ4v) is 3.70. The molecule has 0 aliphatic carbocycles. The van der Waals surface area contributed by atoms with Gasteiger partial charge in [0.1, 0.15) is 0 Å². The molecule has 0 saturated carbocycles. The fourth-order valence-electron chi connectivity index (χ4n) is 3.70. The van der Waals surface area contributed by atoms with E-state index in [4.69, 9.17) is 5.73 Å². The molecule has 0 bridgehead atoms. The predicted octanol–water partition coefficient (Wildman–Crippen LogP) is 0.740. The minimum atomic E-state index is -0.419. The van der Waals surface area contributed by atoms with Gasteiger partial charge in [-0.2, -0.15) is 5.10 Å². The Morgan fingerprint density at radius 2 is 2.08 bits per heavy atom. The quantitative estimate of drug-likeness (QED) is 0.667. The molecule has 1 aromatic carbocycles. The Morgan fingerprint density at radius 1 is 1.29 bits per heavy atom. The third-order valence-corrected chi connectivity index (χ3v) is 4.76. The highest BCUT2D eigenvalue weighted by atomic mass is 16.2. The highest BCUT2D eigenvalue weighted by Gasteiger charge is 2.26. The van der Waals surface area contributed by atoms with Gasteiger partial charge in [-0.05, 0) is 43.6 Å². The van der Waals surface area contributed by atoms with E-state index >= 15 is 0 Å². The standard InChI is InChI=1S/C17H19N5O2/c18-14(23)7-9-5-11-15-12(8-20-22-17(11)24)16(21-13(15)6-9)10-1-3-19-4-2-10/h5-6,8,10,19,21H,1-4,7H2,(H2,18,23)(H,22,24). The summed E-state index contributed by atoms with van der Waals surface area (Å²) in [5.41, 5.74) is 12.1. The molecule has 1 fully saturated rings. The van der Waals surface area contributed by atoms with Crippen molar-refractivity contribution in [1.82, 2.24) is 15.7 Å². The van der Waals surface area contributed by atoms with Crippen molar-refractivity contribution in [2.45, 2.75) is 25.2 Å². The number of aromatic amines is 1. The summed E-state index contributed by atoms with van der Waals surface area (Å²) >= 11 is 0. The van der Waals surface area contributed by atoms with Crippen molar-refractivity contribution in [3.05, 3.63) is 34.5 Å². The van der Waals surface area contributed by atoms with Gasteiger partial charge in [-0.3, -0.25) is 9.59 Å². The number of hydrogen-bond acceptors (Lipinski definition) is 4. The maximum Gasteiger partial charge on any atom is 0.272 e. The molecule has 2 aliphatic heterocycles. The van der Waals surface area contributed by atoms with E-state index in [1.165, 1.54) is 0 Å². The number of H-pyrrole nitrogens is 1. The average Bonchev–Trinajstić information content (AvgIpc) is 2.84. The summed E-state index contributed by atoms with van der Waals surface area (Å²) < 4.78 is 0. The maximum atomic E-state index is 12.4. The lowest BCUT2D eigenvalue weighted by molar-refractivity contribution is -0.117. The van der Waals surface area contributed by atoms with Crippen molar-refractivity contribution in [1.29, 1.82) is 0 Å². The monoisotopic (exact) mass is 325 g/mol. The molecule has 0 atom stereocenters. The van der Waals surface area contributed by atoms with Crippen LogP contribution in [0.2, 0.25) is 0 Å². The molecule has 2 amide bonds. The molecule has 124 valence electrons. The minimum absolute atomic E-state index is 0.105. The second-order valence-corrected chi connectivity index (χ2v) is 6.38. The van der Waals surface area contributed by atoms with Crippen LogP contribution in [0.4, 0.5) is 0 Å². The number of carbonyl (C=O) groups excluding carboxylic acids is 2. The van der Waals surface area contributed by atoms with Gasteiger partial charge < -0.3 is 16.0 Å².